The lowest BCUT2D eigenvalue weighted by molar-refractivity contribution is -0.144. The van der Waals surface area contributed by atoms with Gasteiger partial charge in [-0.3, -0.25) is 10.1 Å². The van der Waals surface area contributed by atoms with Gasteiger partial charge in [0.05, 0.1) is 6.61 Å². The van der Waals surface area contributed by atoms with E-state index in [4.69, 9.17) is 4.74 Å². The van der Waals surface area contributed by atoms with Crippen molar-refractivity contribution in [2.24, 2.45) is 0 Å². The van der Waals surface area contributed by atoms with E-state index in [1.54, 1.807) is 25.8 Å². The Kier molecular flexibility index (Phi) is 8.64. The number of nitrogens with one attached hydrogen (secondary N) is 1. The van der Waals surface area contributed by atoms with Gasteiger partial charge >= 0.3 is 5.97 Å². The summed E-state index contributed by atoms with van der Waals surface area (Å²) in [7, 11) is 1.69. The molecular formula is C12H25NO3S. The van der Waals surface area contributed by atoms with Crippen LogP contribution in [0.3, 0.4) is 0 Å². The molecule has 0 spiro atoms. The lowest BCUT2D eigenvalue weighted by atomic mass is 9.95. The molecule has 0 aromatic rings. The fourth-order valence-corrected chi connectivity index (χ4v) is 2.49. The van der Waals surface area contributed by atoms with Crippen molar-refractivity contribution in [1.82, 2.24) is 5.32 Å². The minimum atomic E-state index is -0.810. The van der Waals surface area contributed by atoms with Crippen molar-refractivity contribution < 1.29 is 14.6 Å². The molecule has 0 aromatic carbocycles. The number of methoxy groups -OCH3 is 1. The molecule has 0 aliphatic heterocycles. The number of ether oxygens (including phenoxy) is 1. The van der Waals surface area contributed by atoms with E-state index in [9.17, 15) is 9.90 Å². The van der Waals surface area contributed by atoms with E-state index in [0.29, 0.717) is 6.42 Å². The topological polar surface area (TPSA) is 58.6 Å². The van der Waals surface area contributed by atoms with Gasteiger partial charge in [0.1, 0.15) is 5.54 Å². The van der Waals surface area contributed by atoms with Crippen LogP contribution < -0.4 is 5.32 Å². The van der Waals surface area contributed by atoms with Crippen molar-refractivity contribution in [3.8, 4) is 0 Å². The van der Waals surface area contributed by atoms with E-state index in [2.05, 4.69) is 5.32 Å². The first-order valence-corrected chi connectivity index (χ1v) is 7.15. The Hall–Kier alpha value is -0.260. The summed E-state index contributed by atoms with van der Waals surface area (Å²) in [5.41, 5.74) is -0.810. The molecule has 0 amide bonds. The van der Waals surface area contributed by atoms with Gasteiger partial charge < -0.3 is 9.84 Å². The maximum atomic E-state index is 11.2. The van der Waals surface area contributed by atoms with Crippen molar-refractivity contribution in [2.45, 2.75) is 45.2 Å². The van der Waals surface area contributed by atoms with E-state index in [0.717, 1.165) is 24.5 Å². The molecule has 0 aliphatic rings. The van der Waals surface area contributed by atoms with Gasteiger partial charge in [-0.1, -0.05) is 0 Å². The number of carboxylic acid groups (broad SMARTS) is 1. The van der Waals surface area contributed by atoms with E-state index in [1.807, 2.05) is 13.8 Å². The summed E-state index contributed by atoms with van der Waals surface area (Å²) in [4.78, 5) is 11.2. The third-order valence-corrected chi connectivity index (χ3v) is 3.51. The number of thioether (sulfide) groups is 1. The smallest absolute Gasteiger partial charge is 0.323 e. The Morgan fingerprint density at radius 3 is 2.59 bits per heavy atom. The van der Waals surface area contributed by atoms with E-state index < -0.39 is 11.5 Å². The Labute approximate surface area is 108 Å². The summed E-state index contributed by atoms with van der Waals surface area (Å²) in [6.07, 6.45) is 1.55. The molecule has 102 valence electrons. The average molecular weight is 263 g/mol. The summed E-state index contributed by atoms with van der Waals surface area (Å²) in [5, 5.41) is 12.4. The van der Waals surface area contributed by atoms with E-state index >= 15 is 0 Å². The SMILES string of the molecule is COCCSCCCC(C)(NC(C)C)C(=O)O. The van der Waals surface area contributed by atoms with Crippen molar-refractivity contribution in [2.75, 3.05) is 25.2 Å². The summed E-state index contributed by atoms with van der Waals surface area (Å²) in [6.45, 7) is 6.45. The normalized spacial score (nSPS) is 14.9. The largest absolute Gasteiger partial charge is 0.480 e. The van der Waals surface area contributed by atoms with Crippen LogP contribution in [-0.2, 0) is 9.53 Å². The van der Waals surface area contributed by atoms with Crippen LogP contribution in [0, 0.1) is 0 Å². The molecule has 0 bridgehead atoms. The number of aliphatic carboxylic acids is 1. The second-order valence-electron chi connectivity index (χ2n) is 4.65. The highest BCUT2D eigenvalue weighted by molar-refractivity contribution is 7.99. The minimum absolute atomic E-state index is 0.178. The fraction of sp³-hybridized carbons (Fsp3) is 0.917. The van der Waals surface area contributed by atoms with Gasteiger partial charge in [-0.25, -0.2) is 0 Å². The third-order valence-electron chi connectivity index (χ3n) is 2.48. The standard InChI is InChI=1S/C12H25NO3S/c1-10(2)13-12(3,11(14)15)6-5-8-17-9-7-16-4/h10,13H,5-9H2,1-4H3,(H,14,15). The Morgan fingerprint density at radius 1 is 1.47 bits per heavy atom. The molecule has 17 heavy (non-hydrogen) atoms. The van der Waals surface area contributed by atoms with Crippen LogP contribution in [-0.4, -0.2) is 47.9 Å². The summed E-state index contributed by atoms with van der Waals surface area (Å²) >= 11 is 1.80. The second-order valence-corrected chi connectivity index (χ2v) is 5.87. The molecule has 1 unspecified atom stereocenters. The molecule has 1 atom stereocenters. The highest BCUT2D eigenvalue weighted by Crippen LogP contribution is 2.16. The molecule has 5 heteroatoms. The monoisotopic (exact) mass is 263 g/mol. The van der Waals surface area contributed by atoms with Gasteiger partial charge in [-0.15, -0.1) is 0 Å². The predicted molar refractivity (Wildman–Crippen MR) is 72.7 cm³/mol. The Morgan fingerprint density at radius 2 is 2.12 bits per heavy atom. The molecule has 0 fully saturated rings. The molecule has 4 nitrogen and oxygen atoms in total. The van der Waals surface area contributed by atoms with Gasteiger partial charge in [0, 0.05) is 18.9 Å². The Balaban J connectivity index is 3.89. The second kappa shape index (κ2) is 8.78. The summed E-state index contributed by atoms with van der Waals surface area (Å²) in [5.74, 6) is 1.18. The van der Waals surface area contributed by atoms with Gasteiger partial charge in [0.25, 0.3) is 0 Å². The van der Waals surface area contributed by atoms with Crippen molar-refractivity contribution in [3.05, 3.63) is 0 Å². The van der Waals surface area contributed by atoms with Crippen molar-refractivity contribution >= 4 is 17.7 Å². The molecule has 0 radical (unpaired) electrons. The van der Waals surface area contributed by atoms with Crippen LogP contribution in [0.5, 0.6) is 0 Å². The lowest BCUT2D eigenvalue weighted by Gasteiger charge is -2.28. The molecule has 0 heterocycles. The maximum absolute atomic E-state index is 11.2. The molecule has 2 N–H and O–H groups in total. The molecule has 0 aliphatic carbocycles. The first-order valence-electron chi connectivity index (χ1n) is 6.00. The van der Waals surface area contributed by atoms with Gasteiger partial charge in [0.2, 0.25) is 0 Å². The summed E-state index contributed by atoms with van der Waals surface area (Å²) in [6, 6.07) is 0.178. The number of hydrogen-bond donors (Lipinski definition) is 2. The van der Waals surface area contributed by atoms with Crippen LogP contribution >= 0.6 is 11.8 Å². The van der Waals surface area contributed by atoms with Gasteiger partial charge in [0.15, 0.2) is 0 Å². The fourth-order valence-electron chi connectivity index (χ4n) is 1.65. The van der Waals surface area contributed by atoms with Crippen LogP contribution in [0.25, 0.3) is 0 Å². The van der Waals surface area contributed by atoms with Crippen LogP contribution in [0.2, 0.25) is 0 Å². The molecule has 0 aromatic heterocycles. The lowest BCUT2D eigenvalue weighted by Crippen LogP contribution is -2.52. The van der Waals surface area contributed by atoms with Crippen molar-refractivity contribution in [3.63, 3.8) is 0 Å². The zero-order valence-electron chi connectivity index (χ0n) is 11.3. The van der Waals surface area contributed by atoms with Crippen molar-refractivity contribution in [1.29, 1.82) is 0 Å². The maximum Gasteiger partial charge on any atom is 0.323 e. The Bertz CT molecular complexity index is 224. The quantitative estimate of drug-likeness (QED) is 0.590. The van der Waals surface area contributed by atoms with Gasteiger partial charge in [-0.05, 0) is 39.4 Å². The molecule has 0 saturated carbocycles. The zero-order chi connectivity index (χ0) is 13.3. The number of carbonyl (C=O) groups is 1. The van der Waals surface area contributed by atoms with Crippen LogP contribution in [0.4, 0.5) is 0 Å². The molecule has 0 saturated heterocycles. The number of hydrogen-bond acceptors (Lipinski definition) is 4. The van der Waals surface area contributed by atoms with E-state index in [-0.39, 0.29) is 6.04 Å². The first-order chi connectivity index (χ1) is 7.92. The minimum Gasteiger partial charge on any atom is -0.480 e. The van der Waals surface area contributed by atoms with Crippen LogP contribution in [0.15, 0.2) is 0 Å². The highest BCUT2D eigenvalue weighted by atomic mass is 32.2. The molecular weight excluding hydrogens is 238 g/mol. The third kappa shape index (κ3) is 7.63. The number of carboxylic acids is 1. The molecule has 0 rings (SSSR count). The number of rotatable bonds is 10. The zero-order valence-corrected chi connectivity index (χ0v) is 12.1. The van der Waals surface area contributed by atoms with Crippen LogP contribution in [0.1, 0.15) is 33.6 Å². The highest BCUT2D eigenvalue weighted by Gasteiger charge is 2.32. The first kappa shape index (κ1) is 16.7. The summed E-state index contributed by atoms with van der Waals surface area (Å²) < 4.78 is 4.95. The van der Waals surface area contributed by atoms with E-state index in [1.165, 1.54) is 0 Å². The predicted octanol–water partition coefficient (Wildman–Crippen LogP) is 1.99. The average Bonchev–Trinajstić information content (AvgIpc) is 2.22. The van der Waals surface area contributed by atoms with Gasteiger partial charge in [-0.2, -0.15) is 11.8 Å².